The highest BCUT2D eigenvalue weighted by molar-refractivity contribution is 6.15. The van der Waals surface area contributed by atoms with Crippen LogP contribution in [0, 0.1) is 0 Å². The fourth-order valence-corrected chi connectivity index (χ4v) is 7.01. The summed E-state index contributed by atoms with van der Waals surface area (Å²) in [5, 5.41) is 6.66. The molecule has 48 heavy (non-hydrogen) atoms. The lowest BCUT2D eigenvalue weighted by Crippen LogP contribution is -2.00. The molecular weight excluding hydrogens is 589 g/mol. The van der Waals surface area contributed by atoms with Crippen LogP contribution in [0.5, 0.6) is 0 Å². The quantitative estimate of drug-likeness (QED) is 0.198. The minimum Gasteiger partial charge on any atom is -0.456 e. The Labute approximate surface area is 275 Å². The number of nitrogens with zero attached hydrogens (tertiary/aromatic N) is 4. The molecule has 10 aromatic rings. The van der Waals surface area contributed by atoms with E-state index in [-0.39, 0.29) is 0 Å². The smallest absolute Gasteiger partial charge is 0.164 e. The molecule has 0 atom stereocenters. The molecule has 7 aromatic carbocycles. The SMILES string of the molecule is c1ccc(-c2nc(-c3ccc4c(c3)c3ccccc3n4-c3ccccc3)nc(-c3cccc4oc5cc6ccccc6cc5c34)n2)cc1. The van der Waals surface area contributed by atoms with Gasteiger partial charge in [0.2, 0.25) is 0 Å². The third-order valence-electron chi connectivity index (χ3n) is 9.22. The zero-order valence-corrected chi connectivity index (χ0v) is 25.7. The van der Waals surface area contributed by atoms with Crippen molar-refractivity contribution in [3.8, 4) is 39.9 Å². The summed E-state index contributed by atoms with van der Waals surface area (Å²) in [7, 11) is 0. The van der Waals surface area contributed by atoms with E-state index < -0.39 is 0 Å². The Morgan fingerprint density at radius 3 is 1.92 bits per heavy atom. The molecule has 0 aliphatic carbocycles. The van der Waals surface area contributed by atoms with E-state index in [1.165, 1.54) is 5.39 Å². The second-order valence-corrected chi connectivity index (χ2v) is 12.1. The van der Waals surface area contributed by atoms with Crippen molar-refractivity contribution in [1.82, 2.24) is 19.5 Å². The highest BCUT2D eigenvalue weighted by Crippen LogP contribution is 2.39. The van der Waals surface area contributed by atoms with Crippen LogP contribution < -0.4 is 0 Å². The van der Waals surface area contributed by atoms with Gasteiger partial charge in [-0.3, -0.25) is 0 Å². The van der Waals surface area contributed by atoms with Crippen molar-refractivity contribution >= 4 is 54.5 Å². The highest BCUT2D eigenvalue weighted by atomic mass is 16.3. The second-order valence-electron chi connectivity index (χ2n) is 12.1. The zero-order valence-electron chi connectivity index (χ0n) is 25.7. The molecule has 0 aliphatic heterocycles. The first-order chi connectivity index (χ1) is 23.8. The van der Waals surface area contributed by atoms with Crippen LogP contribution in [0.1, 0.15) is 0 Å². The molecule has 224 valence electrons. The Hall–Kier alpha value is -6.59. The summed E-state index contributed by atoms with van der Waals surface area (Å²) in [4.78, 5) is 15.3. The molecule has 0 aliphatic rings. The van der Waals surface area contributed by atoms with Gasteiger partial charge in [-0.1, -0.05) is 103 Å². The molecule has 0 radical (unpaired) electrons. The summed E-state index contributed by atoms with van der Waals surface area (Å²) in [6, 6.07) is 54.5. The van der Waals surface area contributed by atoms with Crippen molar-refractivity contribution < 1.29 is 4.42 Å². The summed E-state index contributed by atoms with van der Waals surface area (Å²) in [5.74, 6) is 1.84. The Morgan fingerprint density at radius 2 is 1.08 bits per heavy atom. The van der Waals surface area contributed by atoms with Gasteiger partial charge in [0, 0.05) is 43.9 Å². The summed E-state index contributed by atoms with van der Waals surface area (Å²) in [5.41, 5.74) is 7.82. The molecule has 5 nitrogen and oxygen atoms in total. The molecule has 0 saturated heterocycles. The fraction of sp³-hybridized carbons (Fsp3) is 0. The lowest BCUT2D eigenvalue weighted by Gasteiger charge is -2.10. The maximum atomic E-state index is 6.41. The van der Waals surface area contributed by atoms with E-state index >= 15 is 0 Å². The average Bonchev–Trinajstić information content (AvgIpc) is 3.69. The number of para-hydroxylation sites is 2. The van der Waals surface area contributed by atoms with Crippen LogP contribution in [0.25, 0.3) is 94.4 Å². The Balaban J connectivity index is 1.22. The van der Waals surface area contributed by atoms with Gasteiger partial charge in [0.05, 0.1) is 11.0 Å². The van der Waals surface area contributed by atoms with Crippen LogP contribution in [0.3, 0.4) is 0 Å². The molecule has 3 heterocycles. The van der Waals surface area contributed by atoms with Gasteiger partial charge in [-0.2, -0.15) is 0 Å². The Bertz CT molecular complexity index is 2830. The van der Waals surface area contributed by atoms with E-state index in [0.29, 0.717) is 17.5 Å². The summed E-state index contributed by atoms with van der Waals surface area (Å²) in [6.45, 7) is 0. The van der Waals surface area contributed by atoms with Gasteiger partial charge in [-0.15, -0.1) is 0 Å². The van der Waals surface area contributed by atoms with E-state index in [1.807, 2.05) is 48.5 Å². The topological polar surface area (TPSA) is 56.7 Å². The van der Waals surface area contributed by atoms with E-state index in [9.17, 15) is 0 Å². The molecule has 0 bridgehead atoms. The first kappa shape index (κ1) is 26.6. The molecule has 0 unspecified atom stereocenters. The maximum Gasteiger partial charge on any atom is 0.164 e. The number of aromatic nitrogens is 4. The summed E-state index contributed by atoms with van der Waals surface area (Å²) in [6.07, 6.45) is 0. The van der Waals surface area contributed by atoms with Crippen molar-refractivity contribution in [2.75, 3.05) is 0 Å². The molecule has 3 aromatic heterocycles. The van der Waals surface area contributed by atoms with Gasteiger partial charge in [-0.05, 0) is 65.4 Å². The Morgan fingerprint density at radius 1 is 0.417 bits per heavy atom. The predicted molar refractivity (Wildman–Crippen MR) is 195 cm³/mol. The van der Waals surface area contributed by atoms with Gasteiger partial charge in [0.1, 0.15) is 11.2 Å². The van der Waals surface area contributed by atoms with E-state index in [4.69, 9.17) is 19.4 Å². The van der Waals surface area contributed by atoms with Gasteiger partial charge >= 0.3 is 0 Å². The zero-order chi connectivity index (χ0) is 31.6. The number of rotatable bonds is 4. The largest absolute Gasteiger partial charge is 0.456 e. The third kappa shape index (κ3) is 4.15. The molecular formula is C43H26N4O. The summed E-state index contributed by atoms with van der Waals surface area (Å²) < 4.78 is 8.72. The number of benzene rings is 7. The monoisotopic (exact) mass is 614 g/mol. The van der Waals surface area contributed by atoms with Crippen LogP contribution in [0.2, 0.25) is 0 Å². The van der Waals surface area contributed by atoms with Crippen molar-refractivity contribution in [2.45, 2.75) is 0 Å². The number of fused-ring (bicyclic) bond motifs is 7. The molecule has 0 spiro atoms. The van der Waals surface area contributed by atoms with E-state index in [1.54, 1.807) is 0 Å². The molecule has 5 heteroatoms. The fourth-order valence-electron chi connectivity index (χ4n) is 7.01. The van der Waals surface area contributed by atoms with Gasteiger partial charge in [-0.25, -0.2) is 15.0 Å². The lowest BCUT2D eigenvalue weighted by molar-refractivity contribution is 0.669. The summed E-state index contributed by atoms with van der Waals surface area (Å²) >= 11 is 0. The standard InChI is InChI=1S/C43H26N4O/c1-3-12-27(13-4-1)41-44-42(30-22-23-37-34(25-30)32-18-9-10-20-36(32)47(37)31-16-5-2-6-17-31)46-43(45-41)33-19-11-21-38-40(33)35-24-28-14-7-8-15-29(28)26-39(35)48-38/h1-26H. The molecule has 0 N–H and O–H groups in total. The van der Waals surface area contributed by atoms with Crippen LogP contribution >= 0.6 is 0 Å². The van der Waals surface area contributed by atoms with Gasteiger partial charge in [0.15, 0.2) is 17.5 Å². The van der Waals surface area contributed by atoms with Crippen LogP contribution in [0.4, 0.5) is 0 Å². The molecule has 0 saturated carbocycles. The molecule has 10 rings (SSSR count). The van der Waals surface area contributed by atoms with Crippen molar-refractivity contribution in [3.63, 3.8) is 0 Å². The minimum atomic E-state index is 0.604. The van der Waals surface area contributed by atoms with Crippen molar-refractivity contribution in [3.05, 3.63) is 158 Å². The number of hydrogen-bond donors (Lipinski definition) is 0. The normalized spacial score (nSPS) is 11.8. The number of furan rings is 1. The van der Waals surface area contributed by atoms with Gasteiger partial charge < -0.3 is 8.98 Å². The maximum absolute atomic E-state index is 6.41. The van der Waals surface area contributed by atoms with E-state index in [2.05, 4.69) is 114 Å². The average molecular weight is 615 g/mol. The first-order valence-corrected chi connectivity index (χ1v) is 16.0. The van der Waals surface area contributed by atoms with E-state index in [0.717, 1.165) is 71.5 Å². The highest BCUT2D eigenvalue weighted by Gasteiger charge is 2.19. The third-order valence-corrected chi connectivity index (χ3v) is 9.22. The minimum absolute atomic E-state index is 0.604. The first-order valence-electron chi connectivity index (χ1n) is 16.0. The van der Waals surface area contributed by atoms with Crippen LogP contribution in [-0.4, -0.2) is 19.5 Å². The van der Waals surface area contributed by atoms with Crippen molar-refractivity contribution in [1.29, 1.82) is 0 Å². The molecule has 0 amide bonds. The van der Waals surface area contributed by atoms with Crippen LogP contribution in [0.15, 0.2) is 162 Å². The van der Waals surface area contributed by atoms with Crippen molar-refractivity contribution in [2.24, 2.45) is 0 Å². The second kappa shape index (κ2) is 10.5. The Kier molecular flexibility index (Phi) is 5.81. The lowest BCUT2D eigenvalue weighted by atomic mass is 10.0. The predicted octanol–water partition coefficient (Wildman–Crippen LogP) is 11.0. The molecule has 0 fully saturated rings. The number of hydrogen-bond acceptors (Lipinski definition) is 4. The van der Waals surface area contributed by atoms with Gasteiger partial charge in [0.25, 0.3) is 0 Å². The van der Waals surface area contributed by atoms with Crippen LogP contribution in [-0.2, 0) is 0 Å².